The van der Waals surface area contributed by atoms with Crippen molar-refractivity contribution >= 4 is 24.6 Å². The molecule has 7 heteroatoms. The molecule has 5 atom stereocenters. The van der Waals surface area contributed by atoms with Crippen LogP contribution in [0.1, 0.15) is 52.9 Å². The number of nitrogens with zero attached hydrogens (tertiary/aromatic N) is 1. The molecule has 4 rings (SSSR count). The first kappa shape index (κ1) is 31.1. The number of benzene rings is 3. The molecule has 220 valence electrons. The third-order valence-electron chi connectivity index (χ3n) is 8.30. The molecule has 6 nitrogen and oxygen atoms in total. The summed E-state index contributed by atoms with van der Waals surface area (Å²) in [7, 11) is 0.410. The van der Waals surface area contributed by atoms with E-state index in [-0.39, 0.29) is 41.4 Å². The van der Waals surface area contributed by atoms with Gasteiger partial charge in [0.1, 0.15) is 0 Å². The molecule has 41 heavy (non-hydrogen) atoms. The number of hydrogen-bond donors (Lipinski definition) is 0. The summed E-state index contributed by atoms with van der Waals surface area (Å²) < 4.78 is 20.3. The predicted molar refractivity (Wildman–Crippen MR) is 165 cm³/mol. The van der Waals surface area contributed by atoms with E-state index in [0.29, 0.717) is 6.61 Å². The van der Waals surface area contributed by atoms with Crippen LogP contribution in [0, 0.1) is 11.8 Å². The van der Waals surface area contributed by atoms with Crippen LogP contribution in [-0.2, 0) is 23.5 Å². The van der Waals surface area contributed by atoms with Gasteiger partial charge in [0.15, 0.2) is 6.29 Å². The van der Waals surface area contributed by atoms with E-state index >= 15 is 0 Å². The topological polar surface area (TPSA) is 57.2 Å². The average molecular weight is 576 g/mol. The summed E-state index contributed by atoms with van der Waals surface area (Å²) in [6.07, 6.45) is -0.882. The van der Waals surface area contributed by atoms with Crippen molar-refractivity contribution in [3.63, 3.8) is 0 Å². The van der Waals surface area contributed by atoms with Crippen molar-refractivity contribution in [2.24, 2.45) is 11.8 Å². The first-order valence-electron chi connectivity index (χ1n) is 14.5. The minimum atomic E-state index is -2.71. The lowest BCUT2D eigenvalue weighted by atomic mass is 9.86. The fourth-order valence-corrected chi connectivity index (χ4v) is 10.6. The second-order valence-electron chi connectivity index (χ2n) is 12.1. The van der Waals surface area contributed by atoms with Gasteiger partial charge in [-0.05, 0) is 15.4 Å². The lowest BCUT2D eigenvalue weighted by Crippen LogP contribution is -2.67. The van der Waals surface area contributed by atoms with Crippen LogP contribution in [0.4, 0.5) is 0 Å². The van der Waals surface area contributed by atoms with Crippen molar-refractivity contribution in [1.29, 1.82) is 0 Å². The molecule has 0 aliphatic carbocycles. The third kappa shape index (κ3) is 6.82. The summed E-state index contributed by atoms with van der Waals surface area (Å²) in [5.74, 6) is -0.130. The number of hydroxylamine groups is 2. The minimum Gasteiger partial charge on any atom is -0.407 e. The van der Waals surface area contributed by atoms with Gasteiger partial charge in [-0.1, -0.05) is 126 Å². The smallest absolute Gasteiger partial charge is 0.261 e. The van der Waals surface area contributed by atoms with Crippen LogP contribution < -0.4 is 10.4 Å². The fraction of sp³-hybridized carbons (Fsp3) is 0.441. The van der Waals surface area contributed by atoms with Crippen molar-refractivity contribution in [1.82, 2.24) is 5.06 Å². The fourth-order valence-electron chi connectivity index (χ4n) is 5.96. The quantitative estimate of drug-likeness (QED) is 0.228. The van der Waals surface area contributed by atoms with Gasteiger partial charge in [0.05, 0.1) is 25.7 Å². The molecule has 1 aliphatic rings. The van der Waals surface area contributed by atoms with E-state index in [1.54, 1.807) is 7.05 Å². The van der Waals surface area contributed by atoms with Crippen molar-refractivity contribution in [2.45, 2.75) is 64.6 Å². The molecular formula is C34H45NO5Si. The summed E-state index contributed by atoms with van der Waals surface area (Å²) in [5, 5.41) is 3.64. The van der Waals surface area contributed by atoms with Crippen molar-refractivity contribution in [3.05, 3.63) is 96.6 Å². The van der Waals surface area contributed by atoms with E-state index in [1.165, 1.54) is 22.5 Å². The molecule has 3 aromatic rings. The Kier molecular flexibility index (Phi) is 10.2. The monoisotopic (exact) mass is 575 g/mol. The molecule has 1 amide bonds. The average Bonchev–Trinajstić information content (AvgIpc) is 2.98. The van der Waals surface area contributed by atoms with Gasteiger partial charge in [0.2, 0.25) is 5.91 Å². The van der Waals surface area contributed by atoms with Gasteiger partial charge in [-0.25, -0.2) is 5.06 Å². The van der Waals surface area contributed by atoms with Gasteiger partial charge in [0.25, 0.3) is 8.32 Å². The van der Waals surface area contributed by atoms with Gasteiger partial charge >= 0.3 is 0 Å². The summed E-state index contributed by atoms with van der Waals surface area (Å²) >= 11 is 0. The van der Waals surface area contributed by atoms with Crippen LogP contribution in [-0.4, -0.2) is 52.3 Å². The second-order valence-corrected chi connectivity index (χ2v) is 16.4. The van der Waals surface area contributed by atoms with Gasteiger partial charge in [-0.3, -0.25) is 9.63 Å². The first-order chi connectivity index (χ1) is 19.6. The minimum absolute atomic E-state index is 0.0399. The highest BCUT2D eigenvalue weighted by Gasteiger charge is 2.51. The van der Waals surface area contributed by atoms with Crippen LogP contribution in [0.2, 0.25) is 5.04 Å². The Bertz CT molecular complexity index is 1190. The van der Waals surface area contributed by atoms with E-state index in [1.807, 2.05) is 30.3 Å². The number of amides is 1. The van der Waals surface area contributed by atoms with E-state index in [4.69, 9.17) is 18.7 Å². The zero-order valence-corrected chi connectivity index (χ0v) is 26.4. The van der Waals surface area contributed by atoms with Gasteiger partial charge in [0, 0.05) is 31.1 Å². The standard InChI is InChI=1S/C34H45NO5Si/c1-25(24-38-41(34(3,4)5,28-19-13-9-14-20-28)29-21-15-10-16-22-29)32-26(2)30(23-31(36)35(6)37-7)39-33(40-32)27-17-11-8-12-18-27/h8-22,25-26,30,32-33H,23-24H2,1-7H3/t25-,26-,30-,32+,33-/m1/s1. The Morgan fingerprint density at radius 3 is 1.90 bits per heavy atom. The molecule has 0 spiro atoms. The van der Waals surface area contributed by atoms with Gasteiger partial charge in [-0.15, -0.1) is 0 Å². The van der Waals surface area contributed by atoms with Crippen LogP contribution >= 0.6 is 0 Å². The molecule has 3 aromatic carbocycles. The largest absolute Gasteiger partial charge is 0.407 e. The van der Waals surface area contributed by atoms with Crippen LogP contribution in [0.15, 0.2) is 91.0 Å². The molecule has 1 heterocycles. The maximum Gasteiger partial charge on any atom is 0.261 e. The maximum absolute atomic E-state index is 12.8. The molecule has 0 aromatic heterocycles. The normalized spacial score (nSPS) is 22.2. The summed E-state index contributed by atoms with van der Waals surface area (Å²) in [4.78, 5) is 18.0. The number of rotatable bonds is 10. The van der Waals surface area contributed by atoms with Crippen LogP contribution in [0.25, 0.3) is 0 Å². The molecule has 0 bridgehead atoms. The SMILES string of the molecule is CON(C)C(=O)C[C@H]1O[C@@H](c2ccccc2)O[C@@H]([C@H](C)CO[Si](c2ccccc2)(c2ccccc2)C(C)(C)C)[C@@H]1C. The Hall–Kier alpha value is -2.81. The number of hydrogen-bond acceptors (Lipinski definition) is 5. The zero-order chi connectivity index (χ0) is 29.6. The summed E-state index contributed by atoms with van der Waals surface area (Å²) in [6, 6.07) is 31.3. The van der Waals surface area contributed by atoms with Gasteiger partial charge in [-0.2, -0.15) is 0 Å². The highest BCUT2D eigenvalue weighted by Crippen LogP contribution is 2.40. The Labute approximate surface area is 246 Å². The summed E-state index contributed by atoms with van der Waals surface area (Å²) in [6.45, 7) is 11.7. The van der Waals surface area contributed by atoms with Gasteiger partial charge < -0.3 is 13.9 Å². The molecule has 0 unspecified atom stereocenters. The second kappa shape index (κ2) is 13.4. The first-order valence-corrected chi connectivity index (χ1v) is 16.4. The van der Waals surface area contributed by atoms with E-state index in [9.17, 15) is 4.79 Å². The third-order valence-corrected chi connectivity index (χ3v) is 13.3. The van der Waals surface area contributed by atoms with Crippen molar-refractivity contribution in [3.8, 4) is 0 Å². The zero-order valence-electron chi connectivity index (χ0n) is 25.4. The highest BCUT2D eigenvalue weighted by molar-refractivity contribution is 6.99. The molecule has 1 aliphatic heterocycles. The van der Waals surface area contributed by atoms with E-state index in [2.05, 4.69) is 95.3 Å². The number of ether oxygens (including phenoxy) is 2. The molecule has 0 saturated carbocycles. The number of carbonyl (C=O) groups excluding carboxylic acids is 1. The predicted octanol–water partition coefficient (Wildman–Crippen LogP) is 5.73. The van der Waals surface area contributed by atoms with E-state index in [0.717, 1.165) is 5.56 Å². The van der Waals surface area contributed by atoms with Crippen molar-refractivity contribution in [2.75, 3.05) is 20.8 Å². The lowest BCUT2D eigenvalue weighted by Gasteiger charge is -2.46. The van der Waals surface area contributed by atoms with Crippen LogP contribution in [0.3, 0.4) is 0 Å². The molecule has 1 fully saturated rings. The summed E-state index contributed by atoms with van der Waals surface area (Å²) in [5.41, 5.74) is 0.932. The maximum atomic E-state index is 12.8. The molecule has 1 saturated heterocycles. The van der Waals surface area contributed by atoms with E-state index < -0.39 is 14.6 Å². The highest BCUT2D eigenvalue weighted by atomic mass is 28.4. The number of carbonyl (C=O) groups is 1. The lowest BCUT2D eigenvalue weighted by molar-refractivity contribution is -0.283. The molecule has 0 N–H and O–H groups in total. The Morgan fingerprint density at radius 2 is 1.41 bits per heavy atom. The Morgan fingerprint density at radius 1 is 0.902 bits per heavy atom. The van der Waals surface area contributed by atoms with Crippen molar-refractivity contribution < 1.29 is 23.5 Å². The van der Waals surface area contributed by atoms with Crippen LogP contribution in [0.5, 0.6) is 0 Å². The molecule has 0 radical (unpaired) electrons. The molecular weight excluding hydrogens is 530 g/mol. The Balaban J connectivity index is 1.65.